The van der Waals surface area contributed by atoms with Crippen molar-refractivity contribution in [3.05, 3.63) is 33.8 Å². The van der Waals surface area contributed by atoms with Gasteiger partial charge < -0.3 is 9.64 Å². The number of hydrogen-bond donors (Lipinski definition) is 0. The Labute approximate surface area is 158 Å². The fourth-order valence-corrected chi connectivity index (χ4v) is 3.41. The highest BCUT2D eigenvalue weighted by Gasteiger charge is 2.32. The molecule has 1 atom stereocenters. The molecule has 0 spiro atoms. The molecule has 6 nitrogen and oxygen atoms in total. The first-order valence-electron chi connectivity index (χ1n) is 7.68. The normalized spacial score (nSPS) is 12.5. The van der Waals surface area contributed by atoms with E-state index in [0.29, 0.717) is 15.6 Å². The number of nitrogens with zero attached hydrogens (tertiary/aromatic N) is 1. The van der Waals surface area contributed by atoms with Crippen LogP contribution < -0.4 is 0 Å². The summed E-state index contributed by atoms with van der Waals surface area (Å²) in [4.78, 5) is 26.2. The van der Waals surface area contributed by atoms with E-state index >= 15 is 0 Å². The standard InChI is InChI=1S/C16H21Cl2NO5S/c1-4-19(14(20)6-7-25(3,22)23)15(16(21)24-5-2)11-8-12(17)10-13(18)9-11/h8-10,15H,4-7H2,1-3H3/t15-/m1/s1. The molecule has 0 aliphatic carbocycles. The highest BCUT2D eigenvalue weighted by Crippen LogP contribution is 2.29. The molecule has 1 rings (SSSR count). The van der Waals surface area contributed by atoms with Crippen LogP contribution in [0.25, 0.3) is 0 Å². The topological polar surface area (TPSA) is 80.8 Å². The van der Waals surface area contributed by atoms with Gasteiger partial charge in [-0.05, 0) is 37.6 Å². The first kappa shape index (κ1) is 21.7. The number of ether oxygens (including phenoxy) is 1. The zero-order valence-corrected chi connectivity index (χ0v) is 16.6. The molecular formula is C16H21Cl2NO5S. The van der Waals surface area contributed by atoms with Gasteiger partial charge in [-0.3, -0.25) is 4.79 Å². The van der Waals surface area contributed by atoms with E-state index in [-0.39, 0.29) is 25.3 Å². The first-order valence-corrected chi connectivity index (χ1v) is 10.5. The average Bonchev–Trinajstić information content (AvgIpc) is 2.48. The average molecular weight is 410 g/mol. The predicted octanol–water partition coefficient (Wildman–Crippen LogP) is 2.88. The summed E-state index contributed by atoms with van der Waals surface area (Å²) in [6.07, 6.45) is 0.826. The van der Waals surface area contributed by atoms with Gasteiger partial charge in [-0.2, -0.15) is 0 Å². The molecule has 0 saturated carbocycles. The molecule has 9 heteroatoms. The minimum Gasteiger partial charge on any atom is -0.464 e. The lowest BCUT2D eigenvalue weighted by molar-refractivity contribution is -0.155. The number of benzene rings is 1. The molecule has 0 N–H and O–H groups in total. The third-order valence-electron chi connectivity index (χ3n) is 3.37. The van der Waals surface area contributed by atoms with Crippen molar-refractivity contribution in [3.63, 3.8) is 0 Å². The Bertz CT molecular complexity index is 716. The summed E-state index contributed by atoms with van der Waals surface area (Å²) in [5.74, 6) is -1.40. The summed E-state index contributed by atoms with van der Waals surface area (Å²) in [5, 5.41) is 0.632. The molecule has 0 fully saturated rings. The van der Waals surface area contributed by atoms with Crippen LogP contribution in [0, 0.1) is 0 Å². The maximum Gasteiger partial charge on any atom is 0.333 e. The van der Waals surface area contributed by atoms with Gasteiger partial charge in [0, 0.05) is 29.3 Å². The summed E-state index contributed by atoms with van der Waals surface area (Å²) in [6.45, 7) is 3.67. The molecule has 0 aromatic heterocycles. The van der Waals surface area contributed by atoms with E-state index in [0.717, 1.165) is 6.26 Å². The molecule has 1 amide bonds. The number of esters is 1. The van der Waals surface area contributed by atoms with Gasteiger partial charge in [-0.25, -0.2) is 13.2 Å². The number of hydrogen-bond acceptors (Lipinski definition) is 5. The molecule has 0 saturated heterocycles. The number of carbonyl (C=O) groups excluding carboxylic acids is 2. The van der Waals surface area contributed by atoms with Gasteiger partial charge in [-0.1, -0.05) is 23.2 Å². The van der Waals surface area contributed by atoms with Crippen molar-refractivity contribution < 1.29 is 22.7 Å². The Morgan fingerprint density at radius 1 is 1.16 bits per heavy atom. The molecule has 0 bridgehead atoms. The fraction of sp³-hybridized carbons (Fsp3) is 0.500. The Morgan fingerprint density at radius 2 is 1.72 bits per heavy atom. The number of amides is 1. The minimum absolute atomic E-state index is 0.138. The zero-order valence-electron chi connectivity index (χ0n) is 14.3. The third kappa shape index (κ3) is 6.84. The Kier molecular flexibility index (Phi) is 8.18. The molecule has 0 aliphatic heterocycles. The van der Waals surface area contributed by atoms with Crippen LogP contribution in [-0.4, -0.2) is 50.4 Å². The van der Waals surface area contributed by atoms with Crippen molar-refractivity contribution in [1.82, 2.24) is 4.90 Å². The minimum atomic E-state index is -3.30. The summed E-state index contributed by atoms with van der Waals surface area (Å²) in [7, 11) is -3.30. The van der Waals surface area contributed by atoms with Crippen LogP contribution in [0.3, 0.4) is 0 Å². The highest BCUT2D eigenvalue weighted by molar-refractivity contribution is 7.90. The van der Waals surface area contributed by atoms with Crippen LogP contribution in [0.15, 0.2) is 18.2 Å². The maximum atomic E-state index is 12.5. The smallest absolute Gasteiger partial charge is 0.333 e. The third-order valence-corrected chi connectivity index (χ3v) is 4.75. The number of likely N-dealkylation sites (N-methyl/N-ethyl adjacent to an activating group) is 1. The molecule has 25 heavy (non-hydrogen) atoms. The number of halogens is 2. The Balaban J connectivity index is 3.23. The molecule has 140 valence electrons. The molecule has 1 aromatic carbocycles. The lowest BCUT2D eigenvalue weighted by Crippen LogP contribution is -2.40. The van der Waals surface area contributed by atoms with E-state index < -0.39 is 27.8 Å². The van der Waals surface area contributed by atoms with Crippen LogP contribution in [0.2, 0.25) is 10.0 Å². The quantitative estimate of drug-likeness (QED) is 0.616. The van der Waals surface area contributed by atoms with Gasteiger partial charge in [0.25, 0.3) is 0 Å². The van der Waals surface area contributed by atoms with Crippen LogP contribution in [0.5, 0.6) is 0 Å². The van der Waals surface area contributed by atoms with E-state index in [9.17, 15) is 18.0 Å². The number of carbonyl (C=O) groups is 2. The number of sulfone groups is 1. The molecule has 1 aromatic rings. The van der Waals surface area contributed by atoms with E-state index in [2.05, 4.69) is 0 Å². The molecule has 0 heterocycles. The number of rotatable bonds is 8. The van der Waals surface area contributed by atoms with Crippen molar-refractivity contribution in [2.45, 2.75) is 26.3 Å². The fourth-order valence-electron chi connectivity index (χ4n) is 2.32. The SMILES string of the molecule is CCOC(=O)[C@@H](c1cc(Cl)cc(Cl)c1)N(CC)C(=O)CCS(C)(=O)=O. The molecule has 0 radical (unpaired) electrons. The Hall–Kier alpha value is -1.31. The van der Waals surface area contributed by atoms with E-state index in [1.165, 1.54) is 23.1 Å². The predicted molar refractivity (Wildman–Crippen MR) is 97.6 cm³/mol. The lowest BCUT2D eigenvalue weighted by atomic mass is 10.0. The van der Waals surface area contributed by atoms with Crippen LogP contribution in [0.1, 0.15) is 31.9 Å². The summed E-state index contributed by atoms with van der Waals surface area (Å²) in [6, 6.07) is 3.52. The second-order valence-corrected chi connectivity index (χ2v) is 8.55. The molecule has 0 aliphatic rings. The van der Waals surface area contributed by atoms with Crippen molar-refractivity contribution in [2.75, 3.05) is 25.2 Å². The Morgan fingerprint density at radius 3 is 2.16 bits per heavy atom. The summed E-state index contributed by atoms with van der Waals surface area (Å²) in [5.41, 5.74) is 0.408. The van der Waals surface area contributed by atoms with E-state index in [4.69, 9.17) is 27.9 Å². The van der Waals surface area contributed by atoms with E-state index in [1.54, 1.807) is 13.8 Å². The van der Waals surface area contributed by atoms with Gasteiger partial charge in [0.2, 0.25) is 5.91 Å². The van der Waals surface area contributed by atoms with Gasteiger partial charge in [0.05, 0.1) is 12.4 Å². The van der Waals surface area contributed by atoms with Crippen molar-refractivity contribution in [3.8, 4) is 0 Å². The maximum absolute atomic E-state index is 12.5. The summed E-state index contributed by atoms with van der Waals surface area (Å²) < 4.78 is 27.7. The monoisotopic (exact) mass is 409 g/mol. The molecular weight excluding hydrogens is 389 g/mol. The largest absolute Gasteiger partial charge is 0.464 e. The van der Waals surface area contributed by atoms with Gasteiger partial charge >= 0.3 is 5.97 Å². The van der Waals surface area contributed by atoms with Gasteiger partial charge in [-0.15, -0.1) is 0 Å². The zero-order chi connectivity index (χ0) is 19.2. The van der Waals surface area contributed by atoms with Crippen molar-refractivity contribution in [2.24, 2.45) is 0 Å². The van der Waals surface area contributed by atoms with Crippen LogP contribution in [-0.2, 0) is 24.2 Å². The van der Waals surface area contributed by atoms with E-state index in [1.807, 2.05) is 0 Å². The second-order valence-electron chi connectivity index (χ2n) is 5.42. The van der Waals surface area contributed by atoms with Crippen molar-refractivity contribution >= 4 is 44.9 Å². The first-order chi connectivity index (χ1) is 11.6. The lowest BCUT2D eigenvalue weighted by Gasteiger charge is -2.29. The highest BCUT2D eigenvalue weighted by atomic mass is 35.5. The van der Waals surface area contributed by atoms with Gasteiger partial charge in [0.15, 0.2) is 6.04 Å². The van der Waals surface area contributed by atoms with Crippen molar-refractivity contribution in [1.29, 1.82) is 0 Å². The summed E-state index contributed by atoms with van der Waals surface area (Å²) >= 11 is 12.0. The van der Waals surface area contributed by atoms with Crippen LogP contribution >= 0.6 is 23.2 Å². The van der Waals surface area contributed by atoms with Gasteiger partial charge in [0.1, 0.15) is 9.84 Å². The second kappa shape index (κ2) is 9.40. The van der Waals surface area contributed by atoms with Crippen LogP contribution in [0.4, 0.5) is 0 Å². The molecule has 0 unspecified atom stereocenters.